The van der Waals surface area contributed by atoms with Crippen LogP contribution in [0.4, 0.5) is 8.78 Å². The van der Waals surface area contributed by atoms with Crippen LogP contribution < -0.4 is 9.47 Å². The highest BCUT2D eigenvalue weighted by Gasteiger charge is 2.16. The Balaban J connectivity index is 3.31. The van der Waals surface area contributed by atoms with Gasteiger partial charge in [0.25, 0.3) is 0 Å². The van der Waals surface area contributed by atoms with E-state index in [1.165, 1.54) is 13.2 Å². The first-order valence-electron chi connectivity index (χ1n) is 4.20. The van der Waals surface area contributed by atoms with Crippen LogP contribution in [0.5, 0.6) is 11.5 Å². The van der Waals surface area contributed by atoms with Crippen molar-refractivity contribution in [1.82, 2.24) is 0 Å². The van der Waals surface area contributed by atoms with E-state index < -0.39 is 6.61 Å². The summed E-state index contributed by atoms with van der Waals surface area (Å²) in [5, 5.41) is 0. The lowest BCUT2D eigenvalue weighted by Crippen LogP contribution is -2.06. The average molecular weight is 230 g/mol. The average Bonchev–Trinajstić information content (AvgIpc) is 2.27. The molecule has 0 unspecified atom stereocenters. The second kappa shape index (κ2) is 5.20. The van der Waals surface area contributed by atoms with Crippen molar-refractivity contribution in [3.8, 4) is 11.5 Å². The molecular formula is C10H8F2O4. The Morgan fingerprint density at radius 1 is 1.12 bits per heavy atom. The zero-order valence-corrected chi connectivity index (χ0v) is 8.28. The van der Waals surface area contributed by atoms with Crippen LogP contribution in [0.15, 0.2) is 12.1 Å². The number of alkyl halides is 2. The van der Waals surface area contributed by atoms with E-state index in [0.717, 1.165) is 6.07 Å². The molecule has 0 fully saturated rings. The van der Waals surface area contributed by atoms with Crippen molar-refractivity contribution in [2.75, 3.05) is 7.11 Å². The van der Waals surface area contributed by atoms with Crippen LogP contribution in [-0.2, 0) is 0 Å². The zero-order valence-electron chi connectivity index (χ0n) is 8.28. The van der Waals surface area contributed by atoms with E-state index in [0.29, 0.717) is 6.29 Å². The fraction of sp³-hybridized carbons (Fsp3) is 0.200. The summed E-state index contributed by atoms with van der Waals surface area (Å²) in [5.41, 5.74) is -0.370. The zero-order chi connectivity index (χ0) is 12.1. The van der Waals surface area contributed by atoms with Gasteiger partial charge < -0.3 is 9.47 Å². The molecule has 0 aromatic heterocycles. The molecule has 0 bridgehead atoms. The Kier molecular flexibility index (Phi) is 3.93. The van der Waals surface area contributed by atoms with Crippen LogP contribution in [0.2, 0.25) is 0 Å². The summed E-state index contributed by atoms with van der Waals surface area (Å²) < 4.78 is 32.9. The van der Waals surface area contributed by atoms with Crippen molar-refractivity contribution >= 4 is 12.6 Å². The largest absolute Gasteiger partial charge is 0.496 e. The molecule has 0 atom stereocenters. The van der Waals surface area contributed by atoms with Crippen molar-refractivity contribution in [2.24, 2.45) is 0 Å². The van der Waals surface area contributed by atoms with Crippen molar-refractivity contribution in [3.63, 3.8) is 0 Å². The van der Waals surface area contributed by atoms with Crippen LogP contribution in [0.25, 0.3) is 0 Å². The molecule has 0 saturated carbocycles. The van der Waals surface area contributed by atoms with E-state index in [4.69, 9.17) is 4.74 Å². The maximum absolute atomic E-state index is 12.0. The minimum atomic E-state index is -3.06. The van der Waals surface area contributed by atoms with Crippen molar-refractivity contribution in [3.05, 3.63) is 23.3 Å². The highest BCUT2D eigenvalue weighted by atomic mass is 19.3. The molecule has 1 rings (SSSR count). The standard InChI is InChI=1S/C10H8F2O4/c1-15-8-2-3-9(16-10(11)12)7(5-14)6(8)4-13/h2-5,10H,1H3. The Labute approximate surface area is 89.8 Å². The first kappa shape index (κ1) is 12.1. The van der Waals surface area contributed by atoms with E-state index in [1.807, 2.05) is 0 Å². The van der Waals surface area contributed by atoms with E-state index in [9.17, 15) is 18.4 Å². The number of carbonyl (C=O) groups is 2. The number of methoxy groups -OCH3 is 1. The van der Waals surface area contributed by atoms with Gasteiger partial charge in [0, 0.05) is 0 Å². The molecule has 0 amide bonds. The molecule has 0 saturated heterocycles. The number of hydrogen-bond donors (Lipinski definition) is 0. The van der Waals surface area contributed by atoms with Gasteiger partial charge in [-0.25, -0.2) is 0 Å². The smallest absolute Gasteiger partial charge is 0.387 e. The maximum Gasteiger partial charge on any atom is 0.387 e. The number of benzene rings is 1. The highest BCUT2D eigenvalue weighted by molar-refractivity contribution is 5.95. The minimum absolute atomic E-state index is 0.115. The van der Waals surface area contributed by atoms with E-state index >= 15 is 0 Å². The molecule has 16 heavy (non-hydrogen) atoms. The number of hydrogen-bond acceptors (Lipinski definition) is 4. The van der Waals surface area contributed by atoms with Gasteiger partial charge in [0.2, 0.25) is 0 Å². The molecule has 4 nitrogen and oxygen atoms in total. The predicted molar refractivity (Wildman–Crippen MR) is 50.4 cm³/mol. The first-order valence-corrected chi connectivity index (χ1v) is 4.20. The molecular weight excluding hydrogens is 222 g/mol. The number of rotatable bonds is 5. The fourth-order valence-electron chi connectivity index (χ4n) is 1.22. The van der Waals surface area contributed by atoms with Crippen LogP contribution >= 0.6 is 0 Å². The predicted octanol–water partition coefficient (Wildman–Crippen LogP) is 1.92. The molecule has 86 valence electrons. The Morgan fingerprint density at radius 3 is 2.06 bits per heavy atom. The minimum Gasteiger partial charge on any atom is -0.496 e. The molecule has 0 radical (unpaired) electrons. The number of halogens is 2. The van der Waals surface area contributed by atoms with Gasteiger partial charge in [-0.2, -0.15) is 8.78 Å². The summed E-state index contributed by atoms with van der Waals surface area (Å²) in [4.78, 5) is 21.4. The van der Waals surface area contributed by atoms with E-state index in [1.54, 1.807) is 0 Å². The van der Waals surface area contributed by atoms with Gasteiger partial charge in [0.15, 0.2) is 12.6 Å². The van der Waals surface area contributed by atoms with Crippen LogP contribution in [-0.4, -0.2) is 26.3 Å². The summed E-state index contributed by atoms with van der Waals surface area (Å²) >= 11 is 0. The quantitative estimate of drug-likeness (QED) is 0.725. The molecule has 1 aromatic rings. The summed E-state index contributed by atoms with van der Waals surface area (Å²) in [6.07, 6.45) is 0.616. The van der Waals surface area contributed by atoms with Crippen molar-refractivity contribution in [2.45, 2.75) is 6.61 Å². The lowest BCUT2D eigenvalue weighted by Gasteiger charge is -2.11. The topological polar surface area (TPSA) is 52.6 Å². The molecule has 6 heteroatoms. The van der Waals surface area contributed by atoms with Gasteiger partial charge >= 0.3 is 6.61 Å². The van der Waals surface area contributed by atoms with Crippen LogP contribution in [0.1, 0.15) is 20.7 Å². The van der Waals surface area contributed by atoms with E-state index in [2.05, 4.69) is 4.74 Å². The lowest BCUT2D eigenvalue weighted by molar-refractivity contribution is -0.0501. The van der Waals surface area contributed by atoms with Gasteiger partial charge in [-0.3, -0.25) is 9.59 Å². The van der Waals surface area contributed by atoms with Crippen LogP contribution in [0.3, 0.4) is 0 Å². The first-order chi connectivity index (χ1) is 7.63. The van der Waals surface area contributed by atoms with Crippen molar-refractivity contribution < 1.29 is 27.8 Å². The summed E-state index contributed by atoms with van der Waals surface area (Å²) in [6.45, 7) is -3.06. The Morgan fingerprint density at radius 2 is 1.62 bits per heavy atom. The van der Waals surface area contributed by atoms with Gasteiger partial charge in [-0.05, 0) is 12.1 Å². The molecule has 0 aliphatic heterocycles. The maximum atomic E-state index is 12.0. The third kappa shape index (κ3) is 2.33. The lowest BCUT2D eigenvalue weighted by atomic mass is 10.1. The molecule has 0 aliphatic rings. The number of carbonyl (C=O) groups excluding carboxylic acids is 2. The van der Waals surface area contributed by atoms with Gasteiger partial charge in [0.05, 0.1) is 18.2 Å². The molecule has 0 spiro atoms. The second-order valence-corrected chi connectivity index (χ2v) is 2.71. The van der Waals surface area contributed by atoms with Crippen LogP contribution in [0, 0.1) is 0 Å². The Bertz CT molecular complexity index is 404. The molecule has 0 N–H and O–H groups in total. The molecule has 1 aromatic carbocycles. The summed E-state index contributed by atoms with van der Waals surface area (Å²) in [6, 6.07) is 2.41. The monoisotopic (exact) mass is 230 g/mol. The van der Waals surface area contributed by atoms with Gasteiger partial charge in [0.1, 0.15) is 11.5 Å². The number of aldehydes is 2. The van der Waals surface area contributed by atoms with E-state index in [-0.39, 0.29) is 28.9 Å². The van der Waals surface area contributed by atoms with Gasteiger partial charge in [-0.15, -0.1) is 0 Å². The SMILES string of the molecule is COc1ccc(OC(F)F)c(C=O)c1C=O. The van der Waals surface area contributed by atoms with Crippen molar-refractivity contribution in [1.29, 1.82) is 0 Å². The molecule has 0 aliphatic carbocycles. The summed E-state index contributed by atoms with van der Waals surface area (Å²) in [7, 11) is 1.30. The third-order valence-electron chi connectivity index (χ3n) is 1.88. The normalized spacial score (nSPS) is 10.0. The number of ether oxygens (including phenoxy) is 2. The second-order valence-electron chi connectivity index (χ2n) is 2.71. The highest BCUT2D eigenvalue weighted by Crippen LogP contribution is 2.28. The fourth-order valence-corrected chi connectivity index (χ4v) is 1.22. The summed E-state index contributed by atoms with van der Waals surface area (Å²) in [5.74, 6) is -0.230. The molecule has 0 heterocycles. The Hall–Kier alpha value is -1.98. The third-order valence-corrected chi connectivity index (χ3v) is 1.88. The van der Waals surface area contributed by atoms with Gasteiger partial charge in [-0.1, -0.05) is 0 Å².